The van der Waals surface area contributed by atoms with E-state index in [0.717, 1.165) is 12.8 Å². The van der Waals surface area contributed by atoms with E-state index in [2.05, 4.69) is 25.9 Å². The van der Waals surface area contributed by atoms with E-state index >= 15 is 0 Å². The molecule has 1 fully saturated rings. The van der Waals surface area contributed by atoms with Crippen molar-refractivity contribution in [3.8, 4) is 5.75 Å². The highest BCUT2D eigenvalue weighted by Gasteiger charge is 2.27. The molecule has 0 bridgehead atoms. The molecular formula is C20H20ClFN6O3. The summed E-state index contributed by atoms with van der Waals surface area (Å²) in [6, 6.07) is 8.40. The molecule has 31 heavy (non-hydrogen) atoms. The number of halogens is 2. The standard InChI is InChI=1S/C20H20ClFN6O3/c1-12(31-27-20(29)13-4-3-9-23-10-13)25-15-5-2-6-16(17(15)21)30-18(22)19-24-11-28(26-19)14-7-8-14/h2-6,9-12,14,18,25H,7-8H2,1H3,(H,27,29). The van der Waals surface area contributed by atoms with Gasteiger partial charge in [0.25, 0.3) is 12.3 Å². The molecule has 4 rings (SSSR count). The zero-order valence-corrected chi connectivity index (χ0v) is 17.3. The van der Waals surface area contributed by atoms with Gasteiger partial charge in [0.15, 0.2) is 6.23 Å². The number of benzene rings is 1. The quantitative estimate of drug-likeness (QED) is 0.380. The molecule has 2 N–H and O–H groups in total. The molecule has 0 spiro atoms. The fourth-order valence-corrected chi connectivity index (χ4v) is 2.96. The van der Waals surface area contributed by atoms with Crippen LogP contribution in [0.5, 0.6) is 5.75 Å². The number of hydroxylamine groups is 1. The summed E-state index contributed by atoms with van der Waals surface area (Å²) in [7, 11) is 0. The Morgan fingerprint density at radius 1 is 1.32 bits per heavy atom. The van der Waals surface area contributed by atoms with Gasteiger partial charge in [0.05, 0.1) is 17.3 Å². The van der Waals surface area contributed by atoms with E-state index < -0.39 is 18.5 Å². The van der Waals surface area contributed by atoms with Crippen molar-refractivity contribution in [2.45, 2.75) is 38.4 Å². The molecule has 2 unspecified atom stereocenters. The average molecular weight is 447 g/mol. The predicted molar refractivity (Wildman–Crippen MR) is 110 cm³/mol. The minimum atomic E-state index is -1.86. The second-order valence-electron chi connectivity index (χ2n) is 6.94. The SMILES string of the molecule is CC(Nc1cccc(OC(F)c2ncn(C3CC3)n2)c1Cl)ONC(=O)c1cccnc1. The van der Waals surface area contributed by atoms with Crippen LogP contribution in [0, 0.1) is 0 Å². The average Bonchev–Trinajstić information content (AvgIpc) is 3.51. The summed E-state index contributed by atoms with van der Waals surface area (Å²) in [6.45, 7) is 1.67. The molecule has 11 heteroatoms. The molecule has 2 atom stereocenters. The van der Waals surface area contributed by atoms with Crippen LogP contribution in [0.1, 0.15) is 48.3 Å². The Morgan fingerprint density at radius 3 is 2.90 bits per heavy atom. The Balaban J connectivity index is 1.34. The van der Waals surface area contributed by atoms with Crippen molar-refractivity contribution in [3.63, 3.8) is 0 Å². The molecule has 0 aliphatic heterocycles. The van der Waals surface area contributed by atoms with Crippen molar-refractivity contribution in [1.29, 1.82) is 0 Å². The maximum atomic E-state index is 14.5. The van der Waals surface area contributed by atoms with Crippen LogP contribution in [0.25, 0.3) is 0 Å². The summed E-state index contributed by atoms with van der Waals surface area (Å²) >= 11 is 6.36. The summed E-state index contributed by atoms with van der Waals surface area (Å²) in [5.41, 5.74) is 3.12. The summed E-state index contributed by atoms with van der Waals surface area (Å²) in [6.07, 6.45) is 4.01. The van der Waals surface area contributed by atoms with E-state index in [4.69, 9.17) is 21.2 Å². The zero-order chi connectivity index (χ0) is 21.8. The van der Waals surface area contributed by atoms with Crippen LogP contribution in [0.15, 0.2) is 49.1 Å². The van der Waals surface area contributed by atoms with Crippen molar-refractivity contribution in [2.24, 2.45) is 0 Å². The van der Waals surface area contributed by atoms with Gasteiger partial charge in [0.1, 0.15) is 17.1 Å². The molecule has 2 heterocycles. The molecular weight excluding hydrogens is 427 g/mol. The van der Waals surface area contributed by atoms with E-state index in [1.165, 1.54) is 18.6 Å². The van der Waals surface area contributed by atoms with E-state index in [-0.39, 0.29) is 16.6 Å². The number of rotatable bonds is 9. The number of anilines is 1. The molecule has 1 aliphatic carbocycles. The third-order valence-corrected chi connectivity index (χ3v) is 4.84. The van der Waals surface area contributed by atoms with Crippen LogP contribution in [0.2, 0.25) is 5.02 Å². The molecule has 0 radical (unpaired) electrons. The number of pyridine rings is 1. The Labute approximate surface area is 182 Å². The van der Waals surface area contributed by atoms with Gasteiger partial charge >= 0.3 is 0 Å². The second-order valence-corrected chi connectivity index (χ2v) is 7.32. The number of ether oxygens (including phenoxy) is 1. The van der Waals surface area contributed by atoms with Crippen LogP contribution < -0.4 is 15.5 Å². The topological polar surface area (TPSA) is 103 Å². The minimum absolute atomic E-state index is 0.0591. The number of amides is 1. The number of nitrogens with zero attached hydrogens (tertiary/aromatic N) is 4. The largest absolute Gasteiger partial charge is 0.451 e. The van der Waals surface area contributed by atoms with Gasteiger partial charge < -0.3 is 10.1 Å². The Morgan fingerprint density at radius 2 is 2.16 bits per heavy atom. The van der Waals surface area contributed by atoms with Crippen LogP contribution >= 0.6 is 11.6 Å². The lowest BCUT2D eigenvalue weighted by Crippen LogP contribution is -2.32. The summed E-state index contributed by atoms with van der Waals surface area (Å²) < 4.78 is 21.5. The van der Waals surface area contributed by atoms with Crippen molar-refractivity contribution in [2.75, 3.05) is 5.32 Å². The monoisotopic (exact) mass is 446 g/mol. The number of nitrogens with one attached hydrogen (secondary N) is 2. The lowest BCUT2D eigenvalue weighted by Gasteiger charge is -2.18. The van der Waals surface area contributed by atoms with E-state index in [9.17, 15) is 9.18 Å². The normalized spacial score (nSPS) is 15.2. The van der Waals surface area contributed by atoms with Crippen molar-refractivity contribution in [1.82, 2.24) is 25.2 Å². The fourth-order valence-electron chi connectivity index (χ4n) is 2.73. The second kappa shape index (κ2) is 9.27. The van der Waals surface area contributed by atoms with Gasteiger partial charge in [-0.3, -0.25) is 9.78 Å². The third kappa shape index (κ3) is 5.28. The summed E-state index contributed by atoms with van der Waals surface area (Å²) in [5.74, 6) is -0.381. The highest BCUT2D eigenvalue weighted by Crippen LogP contribution is 2.36. The number of aromatic nitrogens is 4. The molecule has 1 aliphatic rings. The molecule has 162 valence electrons. The van der Waals surface area contributed by atoms with Crippen LogP contribution in [-0.4, -0.2) is 31.9 Å². The minimum Gasteiger partial charge on any atom is -0.451 e. The van der Waals surface area contributed by atoms with Gasteiger partial charge in [-0.25, -0.2) is 20.0 Å². The first-order valence-electron chi connectivity index (χ1n) is 9.64. The molecule has 9 nitrogen and oxygen atoms in total. The highest BCUT2D eigenvalue weighted by atomic mass is 35.5. The van der Waals surface area contributed by atoms with E-state index in [0.29, 0.717) is 17.3 Å². The Kier molecular flexibility index (Phi) is 6.28. The zero-order valence-electron chi connectivity index (χ0n) is 16.5. The number of carbonyl (C=O) groups excluding carboxylic acids is 1. The number of carbonyl (C=O) groups is 1. The number of alkyl halides is 1. The van der Waals surface area contributed by atoms with Crippen LogP contribution in [0.4, 0.5) is 10.1 Å². The lowest BCUT2D eigenvalue weighted by molar-refractivity contribution is 0.00386. The van der Waals surface area contributed by atoms with Crippen molar-refractivity contribution < 1.29 is 18.8 Å². The van der Waals surface area contributed by atoms with E-state index in [1.807, 2.05) is 0 Å². The van der Waals surface area contributed by atoms with Crippen LogP contribution in [0.3, 0.4) is 0 Å². The maximum absolute atomic E-state index is 14.5. The van der Waals surface area contributed by atoms with Gasteiger partial charge in [-0.15, -0.1) is 5.10 Å². The van der Waals surface area contributed by atoms with Gasteiger partial charge in [-0.2, -0.15) is 4.39 Å². The van der Waals surface area contributed by atoms with Gasteiger partial charge in [0, 0.05) is 12.4 Å². The molecule has 3 aromatic rings. The van der Waals surface area contributed by atoms with Crippen molar-refractivity contribution in [3.05, 3.63) is 65.5 Å². The lowest BCUT2D eigenvalue weighted by atomic mass is 10.3. The fraction of sp³-hybridized carbons (Fsp3) is 0.300. The van der Waals surface area contributed by atoms with Gasteiger partial charge in [0.2, 0.25) is 5.82 Å². The molecule has 1 aromatic carbocycles. The van der Waals surface area contributed by atoms with E-state index in [1.54, 1.807) is 42.1 Å². The Bertz CT molecular complexity index is 1050. The molecule has 0 saturated heterocycles. The molecule has 1 amide bonds. The summed E-state index contributed by atoms with van der Waals surface area (Å²) in [5, 5.41) is 7.25. The van der Waals surface area contributed by atoms with Gasteiger partial charge in [-0.1, -0.05) is 17.7 Å². The first-order valence-corrected chi connectivity index (χ1v) is 10.0. The van der Waals surface area contributed by atoms with Gasteiger partial charge in [-0.05, 0) is 44.0 Å². The number of hydrogen-bond donors (Lipinski definition) is 2. The first kappa shape index (κ1) is 21.0. The predicted octanol–water partition coefficient (Wildman–Crippen LogP) is 3.83. The first-order chi connectivity index (χ1) is 15.0. The number of hydrogen-bond acceptors (Lipinski definition) is 7. The molecule has 2 aromatic heterocycles. The third-order valence-electron chi connectivity index (χ3n) is 4.45. The molecule has 1 saturated carbocycles. The highest BCUT2D eigenvalue weighted by molar-refractivity contribution is 6.34. The van der Waals surface area contributed by atoms with Crippen molar-refractivity contribution >= 4 is 23.2 Å². The Hall–Kier alpha value is -3.24. The maximum Gasteiger partial charge on any atom is 0.299 e. The van der Waals surface area contributed by atoms with Crippen LogP contribution in [-0.2, 0) is 4.84 Å². The smallest absolute Gasteiger partial charge is 0.299 e. The summed E-state index contributed by atoms with van der Waals surface area (Å²) in [4.78, 5) is 25.2.